The van der Waals surface area contributed by atoms with Crippen LogP contribution >= 0.6 is 0 Å². The summed E-state index contributed by atoms with van der Waals surface area (Å²) in [4.78, 5) is 12.4. The summed E-state index contributed by atoms with van der Waals surface area (Å²) in [5, 5.41) is 1.85. The first kappa shape index (κ1) is 4.53. The molecular formula is C11H13NO3. The van der Waals surface area contributed by atoms with E-state index in [1.807, 2.05) is 5.32 Å². The number of ether oxygens (including phenoxy) is 2. The molecule has 4 heteroatoms. The second-order valence-corrected chi connectivity index (χ2v) is 2.89. The Morgan fingerprint density at radius 3 is 3.27 bits per heavy atom. The SMILES string of the molecule is [2H]c1c([2H])c(C(=O)[C@]([2H])(C)NC([2H])([2H])[2H])c([2H])c2c1OCO2. The summed E-state index contributed by atoms with van der Waals surface area (Å²) in [5.41, 5.74) is -0.552. The van der Waals surface area contributed by atoms with Crippen molar-refractivity contribution in [3.05, 3.63) is 23.7 Å². The van der Waals surface area contributed by atoms with Crippen LogP contribution in [0.15, 0.2) is 18.1 Å². The standard InChI is InChI=1S/C11H13NO3/c1-7(12-2)11(13)8-3-4-9-10(5-8)15-6-14-9/h3-5,7,12H,6H2,1-2H3/t7-/m0/s1/i2D3,3D,4D,5D,7D. The van der Waals surface area contributed by atoms with Crippen LogP contribution in [0.5, 0.6) is 11.5 Å². The van der Waals surface area contributed by atoms with Crippen LogP contribution in [-0.2, 0) is 0 Å². The molecule has 80 valence electrons. The van der Waals surface area contributed by atoms with Gasteiger partial charge in [-0.2, -0.15) is 0 Å². The normalized spacial score (nSPS) is 24.7. The van der Waals surface area contributed by atoms with Gasteiger partial charge in [0.2, 0.25) is 6.79 Å². The fourth-order valence-electron chi connectivity index (χ4n) is 1.09. The van der Waals surface area contributed by atoms with Crippen molar-refractivity contribution in [1.29, 1.82) is 0 Å². The van der Waals surface area contributed by atoms with Gasteiger partial charge in [0.15, 0.2) is 17.3 Å². The van der Waals surface area contributed by atoms with Gasteiger partial charge in [0, 0.05) is 9.68 Å². The Bertz CT molecular complexity index is 642. The Morgan fingerprint density at radius 2 is 2.47 bits per heavy atom. The topological polar surface area (TPSA) is 47.6 Å². The molecule has 4 nitrogen and oxygen atoms in total. The van der Waals surface area contributed by atoms with E-state index in [9.17, 15) is 4.79 Å². The lowest BCUT2D eigenvalue weighted by Crippen LogP contribution is -2.30. The van der Waals surface area contributed by atoms with E-state index in [1.165, 1.54) is 0 Å². The van der Waals surface area contributed by atoms with Gasteiger partial charge < -0.3 is 14.8 Å². The van der Waals surface area contributed by atoms with Crippen LogP contribution in [0.4, 0.5) is 0 Å². The number of Topliss-reactive ketones (excluding diaryl/α,β-unsaturated/α-hetero) is 1. The first-order chi connectivity index (χ1) is 9.96. The summed E-state index contributed by atoms with van der Waals surface area (Å²) in [6, 6.07) is -3.84. The molecule has 0 fully saturated rings. The summed E-state index contributed by atoms with van der Waals surface area (Å²) in [7, 11) is 0. The van der Waals surface area contributed by atoms with Gasteiger partial charge >= 0.3 is 0 Å². The molecule has 1 N–H and O–H groups in total. The summed E-state index contributed by atoms with van der Waals surface area (Å²) in [6.45, 7) is -1.98. The van der Waals surface area contributed by atoms with Gasteiger partial charge in [-0.25, -0.2) is 0 Å². The molecule has 1 heterocycles. The second-order valence-electron chi connectivity index (χ2n) is 2.89. The smallest absolute Gasteiger partial charge is 0.231 e. The summed E-state index contributed by atoms with van der Waals surface area (Å²) in [5.74, 6) is -1.37. The predicted molar refractivity (Wildman–Crippen MR) is 55.4 cm³/mol. The number of hydrogen-bond donors (Lipinski definition) is 1. The highest BCUT2D eigenvalue weighted by molar-refractivity contribution is 6.00. The molecule has 0 unspecified atom stereocenters. The number of carbonyl (C=O) groups is 1. The Hall–Kier alpha value is -1.55. The first-order valence-electron chi connectivity index (χ1n) is 7.69. The van der Waals surface area contributed by atoms with Crippen molar-refractivity contribution in [2.45, 2.75) is 12.9 Å². The molecule has 0 amide bonds. The number of rotatable bonds is 3. The van der Waals surface area contributed by atoms with Gasteiger partial charge in [-0.1, -0.05) is 0 Å². The summed E-state index contributed by atoms with van der Waals surface area (Å²) >= 11 is 0. The van der Waals surface area contributed by atoms with Crippen LogP contribution < -0.4 is 14.8 Å². The molecule has 0 saturated heterocycles. The van der Waals surface area contributed by atoms with Crippen molar-refractivity contribution in [2.24, 2.45) is 0 Å². The Labute approximate surface area is 98.0 Å². The number of fused-ring (bicyclic) bond motifs is 1. The van der Waals surface area contributed by atoms with Crippen molar-refractivity contribution in [3.63, 3.8) is 0 Å². The molecule has 2 rings (SSSR count). The molecule has 0 aliphatic carbocycles. The number of ketones is 1. The highest BCUT2D eigenvalue weighted by atomic mass is 16.7. The maximum Gasteiger partial charge on any atom is 0.231 e. The van der Waals surface area contributed by atoms with E-state index in [2.05, 4.69) is 0 Å². The molecule has 15 heavy (non-hydrogen) atoms. The minimum atomic E-state index is -2.75. The van der Waals surface area contributed by atoms with Gasteiger partial charge in [0.25, 0.3) is 0 Å². The van der Waals surface area contributed by atoms with Crippen LogP contribution in [0.25, 0.3) is 0 Å². The molecule has 1 atom stereocenters. The molecule has 0 saturated carbocycles. The second kappa shape index (κ2) is 3.90. The Balaban J connectivity index is 2.54. The molecule has 0 bridgehead atoms. The predicted octanol–water partition coefficient (Wildman–Crippen LogP) is 1.21. The third-order valence-corrected chi connectivity index (χ3v) is 1.91. The molecule has 1 aromatic carbocycles. The lowest BCUT2D eigenvalue weighted by molar-refractivity contribution is 0.0954. The molecule has 1 aromatic rings. The van der Waals surface area contributed by atoms with Crippen LogP contribution in [0, 0.1) is 0 Å². The largest absolute Gasteiger partial charge is 0.454 e. The van der Waals surface area contributed by atoms with Crippen molar-refractivity contribution in [2.75, 3.05) is 13.8 Å². The lowest BCUT2D eigenvalue weighted by atomic mass is 10.1. The monoisotopic (exact) mass is 214 g/mol. The van der Waals surface area contributed by atoms with Crippen molar-refractivity contribution in [1.82, 2.24) is 5.32 Å². The van der Waals surface area contributed by atoms with Gasteiger partial charge in [0.1, 0.15) is 0 Å². The average molecular weight is 214 g/mol. The quantitative estimate of drug-likeness (QED) is 0.768. The zero-order chi connectivity index (χ0) is 16.9. The first-order valence-corrected chi connectivity index (χ1v) is 4.19. The van der Waals surface area contributed by atoms with Crippen LogP contribution in [0.3, 0.4) is 0 Å². The number of hydrogen-bond acceptors (Lipinski definition) is 4. The van der Waals surface area contributed by atoms with E-state index in [1.54, 1.807) is 0 Å². The highest BCUT2D eigenvalue weighted by Crippen LogP contribution is 2.32. The molecular weight excluding hydrogens is 194 g/mol. The summed E-state index contributed by atoms with van der Waals surface area (Å²) in [6.07, 6.45) is 0. The van der Waals surface area contributed by atoms with E-state index >= 15 is 0 Å². The Morgan fingerprint density at radius 1 is 1.67 bits per heavy atom. The minimum Gasteiger partial charge on any atom is -0.454 e. The molecule has 1 aliphatic rings. The lowest BCUT2D eigenvalue weighted by Gasteiger charge is -2.09. The van der Waals surface area contributed by atoms with E-state index in [4.69, 9.17) is 19.1 Å². The Kier molecular flexibility index (Phi) is 1.18. The average Bonchev–Trinajstić information content (AvgIpc) is 2.82. The van der Waals surface area contributed by atoms with Crippen molar-refractivity contribution >= 4 is 5.78 Å². The molecule has 0 spiro atoms. The van der Waals surface area contributed by atoms with Gasteiger partial charge in [-0.3, -0.25) is 4.79 Å². The van der Waals surface area contributed by atoms with E-state index in [0.29, 0.717) is 0 Å². The van der Waals surface area contributed by atoms with E-state index < -0.39 is 42.5 Å². The molecule has 0 aromatic heterocycles. The molecule has 1 aliphatic heterocycles. The van der Waals surface area contributed by atoms with Crippen LogP contribution in [-0.4, -0.2) is 25.6 Å². The number of nitrogens with one attached hydrogen (secondary N) is 1. The van der Waals surface area contributed by atoms with Crippen molar-refractivity contribution in [3.8, 4) is 11.5 Å². The highest BCUT2D eigenvalue weighted by Gasteiger charge is 2.18. The number of likely N-dealkylation sites (N-methyl/N-ethyl adjacent to an activating group) is 1. The molecule has 0 radical (unpaired) electrons. The fourth-order valence-corrected chi connectivity index (χ4v) is 1.09. The third-order valence-electron chi connectivity index (χ3n) is 1.91. The van der Waals surface area contributed by atoms with Crippen LogP contribution in [0.1, 0.15) is 26.9 Å². The maximum absolute atomic E-state index is 12.4. The van der Waals surface area contributed by atoms with Crippen LogP contribution in [0.2, 0.25) is 0 Å². The fraction of sp³-hybridized carbons (Fsp3) is 0.364. The zero-order valence-electron chi connectivity index (χ0n) is 14.9. The van der Waals surface area contributed by atoms with Gasteiger partial charge in [0.05, 0.1) is 11.5 Å². The zero-order valence-corrected chi connectivity index (χ0v) is 7.93. The van der Waals surface area contributed by atoms with Gasteiger partial charge in [-0.05, 0) is 32.0 Å². The van der Waals surface area contributed by atoms with E-state index in [-0.39, 0.29) is 18.3 Å². The van der Waals surface area contributed by atoms with E-state index in [0.717, 1.165) is 6.92 Å². The minimum absolute atomic E-state index is 0.109. The maximum atomic E-state index is 12.4. The third kappa shape index (κ3) is 1.80. The van der Waals surface area contributed by atoms with Gasteiger partial charge in [-0.15, -0.1) is 0 Å². The number of carbonyl (C=O) groups excluding carboxylic acids is 1. The summed E-state index contributed by atoms with van der Waals surface area (Å²) < 4.78 is 62.7. The number of benzene rings is 1. The van der Waals surface area contributed by atoms with Crippen molar-refractivity contribution < 1.29 is 23.9 Å².